The maximum absolute atomic E-state index is 11.2. The molecule has 0 N–H and O–H groups in total. The van der Waals surface area contributed by atoms with Crippen molar-refractivity contribution >= 4 is 28.9 Å². The van der Waals surface area contributed by atoms with E-state index in [2.05, 4.69) is 4.98 Å². The average molecular weight is 257 g/mol. The van der Waals surface area contributed by atoms with E-state index in [1.807, 2.05) is 42.5 Å². The number of aldehydes is 1. The minimum Gasteiger partial charge on any atom is -0.294 e. The summed E-state index contributed by atoms with van der Waals surface area (Å²) in [6.45, 7) is 0. The van der Waals surface area contributed by atoms with Gasteiger partial charge in [0.15, 0.2) is 12.1 Å². The maximum Gasteiger partial charge on any atom is 0.185 e. The average Bonchev–Trinajstić information content (AvgIpc) is 2.78. The monoisotopic (exact) mass is 256 g/mol. The summed E-state index contributed by atoms with van der Waals surface area (Å²) in [5.41, 5.74) is 2.40. The van der Waals surface area contributed by atoms with Gasteiger partial charge in [-0.05, 0) is 24.3 Å². The minimum atomic E-state index is 0.351. The van der Waals surface area contributed by atoms with Gasteiger partial charge in [0.2, 0.25) is 0 Å². The molecular weight excluding hydrogens is 248 g/mol. The number of nitrogens with zero attached hydrogens (tertiary/aromatic N) is 2. The maximum atomic E-state index is 11.2. The van der Waals surface area contributed by atoms with Crippen molar-refractivity contribution in [1.29, 1.82) is 0 Å². The predicted octanol–water partition coefficient (Wildman–Crippen LogP) is 3.49. The molecule has 3 nitrogen and oxygen atoms in total. The number of benzene rings is 2. The van der Waals surface area contributed by atoms with E-state index < -0.39 is 0 Å². The molecule has 88 valence electrons. The largest absolute Gasteiger partial charge is 0.294 e. The number of hydrogen-bond donors (Lipinski definition) is 0. The number of imidazole rings is 1. The van der Waals surface area contributed by atoms with Crippen LogP contribution in [0.5, 0.6) is 0 Å². The molecule has 1 heterocycles. The number of para-hydroxylation sites is 3. The number of aromatic nitrogens is 2. The Bertz CT molecular complexity index is 733. The van der Waals surface area contributed by atoms with Crippen molar-refractivity contribution in [2.45, 2.75) is 0 Å². The molecule has 0 bridgehead atoms. The molecule has 18 heavy (non-hydrogen) atoms. The Balaban J connectivity index is 2.41. The van der Waals surface area contributed by atoms with E-state index >= 15 is 0 Å². The van der Waals surface area contributed by atoms with Gasteiger partial charge in [-0.1, -0.05) is 35.9 Å². The van der Waals surface area contributed by atoms with Crippen LogP contribution >= 0.6 is 11.6 Å². The fourth-order valence-electron chi connectivity index (χ4n) is 2.01. The lowest BCUT2D eigenvalue weighted by atomic mass is 10.3. The normalized spacial score (nSPS) is 10.7. The number of rotatable bonds is 2. The van der Waals surface area contributed by atoms with Crippen LogP contribution in [0, 0.1) is 0 Å². The van der Waals surface area contributed by atoms with Gasteiger partial charge in [-0.2, -0.15) is 0 Å². The lowest BCUT2D eigenvalue weighted by molar-refractivity contribution is 0.111. The van der Waals surface area contributed by atoms with E-state index in [1.54, 1.807) is 10.6 Å². The zero-order valence-electron chi connectivity index (χ0n) is 9.38. The highest BCUT2D eigenvalue weighted by atomic mass is 35.5. The van der Waals surface area contributed by atoms with Gasteiger partial charge in [0, 0.05) is 0 Å². The van der Waals surface area contributed by atoms with E-state index in [1.165, 1.54) is 0 Å². The van der Waals surface area contributed by atoms with E-state index in [0.717, 1.165) is 23.0 Å². The second kappa shape index (κ2) is 4.27. The highest BCUT2D eigenvalue weighted by Gasteiger charge is 2.12. The number of carbonyl (C=O) groups is 1. The zero-order valence-corrected chi connectivity index (χ0v) is 10.1. The fourth-order valence-corrected chi connectivity index (χ4v) is 2.23. The van der Waals surface area contributed by atoms with Crippen molar-refractivity contribution in [2.75, 3.05) is 0 Å². The molecule has 0 saturated heterocycles. The Morgan fingerprint density at radius 3 is 2.56 bits per heavy atom. The molecule has 0 aliphatic carbocycles. The van der Waals surface area contributed by atoms with Crippen LogP contribution in [0.1, 0.15) is 10.6 Å². The Hall–Kier alpha value is -2.13. The summed E-state index contributed by atoms with van der Waals surface area (Å²) in [4.78, 5) is 15.4. The van der Waals surface area contributed by atoms with Crippen LogP contribution < -0.4 is 0 Å². The topological polar surface area (TPSA) is 34.9 Å². The molecule has 0 unspecified atom stereocenters. The fraction of sp³-hybridized carbons (Fsp3) is 0. The molecule has 0 radical (unpaired) electrons. The summed E-state index contributed by atoms with van der Waals surface area (Å²) in [7, 11) is 0. The number of halogens is 1. The summed E-state index contributed by atoms with van der Waals surface area (Å²) in [5.74, 6) is 0.351. The third-order valence-corrected chi connectivity index (χ3v) is 3.11. The molecule has 0 aliphatic heterocycles. The van der Waals surface area contributed by atoms with E-state index in [9.17, 15) is 4.79 Å². The lowest BCUT2D eigenvalue weighted by Gasteiger charge is -2.07. The van der Waals surface area contributed by atoms with E-state index in [4.69, 9.17) is 11.6 Å². The lowest BCUT2D eigenvalue weighted by Crippen LogP contribution is -2.00. The van der Waals surface area contributed by atoms with Gasteiger partial charge in [-0.25, -0.2) is 4.98 Å². The zero-order chi connectivity index (χ0) is 12.5. The number of hydrogen-bond acceptors (Lipinski definition) is 2. The minimum absolute atomic E-state index is 0.351. The van der Waals surface area contributed by atoms with Crippen LogP contribution in [0.2, 0.25) is 5.02 Å². The van der Waals surface area contributed by atoms with E-state index in [0.29, 0.717) is 10.8 Å². The van der Waals surface area contributed by atoms with Crippen LogP contribution in [-0.4, -0.2) is 15.8 Å². The molecule has 0 atom stereocenters. The summed E-state index contributed by atoms with van der Waals surface area (Å²) in [6, 6.07) is 15.0. The van der Waals surface area contributed by atoms with Crippen molar-refractivity contribution < 1.29 is 4.79 Å². The van der Waals surface area contributed by atoms with Crippen LogP contribution in [0.25, 0.3) is 16.7 Å². The van der Waals surface area contributed by atoms with Gasteiger partial charge in [0.05, 0.1) is 21.7 Å². The summed E-state index contributed by atoms with van der Waals surface area (Å²) >= 11 is 6.18. The summed E-state index contributed by atoms with van der Waals surface area (Å²) in [5, 5.41) is 0.587. The molecule has 4 heteroatoms. The molecule has 2 aromatic carbocycles. The SMILES string of the molecule is O=Cc1nc2ccccc2n1-c1ccccc1Cl. The summed E-state index contributed by atoms with van der Waals surface area (Å²) < 4.78 is 1.77. The van der Waals surface area contributed by atoms with Crippen molar-refractivity contribution in [2.24, 2.45) is 0 Å². The predicted molar refractivity (Wildman–Crippen MR) is 71.5 cm³/mol. The molecule has 3 rings (SSSR count). The third kappa shape index (κ3) is 1.60. The van der Waals surface area contributed by atoms with Crippen LogP contribution in [0.15, 0.2) is 48.5 Å². The molecule has 3 aromatic rings. The van der Waals surface area contributed by atoms with Crippen molar-refractivity contribution in [3.05, 3.63) is 59.4 Å². The Labute approximate surface area is 109 Å². The van der Waals surface area contributed by atoms with Crippen molar-refractivity contribution in [1.82, 2.24) is 9.55 Å². The Kier molecular flexibility index (Phi) is 2.61. The molecule has 0 amide bonds. The quantitative estimate of drug-likeness (QED) is 0.658. The standard InChI is InChI=1S/C14H9ClN2O/c15-10-5-1-3-7-12(10)17-13-8-4-2-6-11(13)16-14(17)9-18/h1-9H. The first kappa shape index (κ1) is 11.0. The third-order valence-electron chi connectivity index (χ3n) is 2.79. The molecular formula is C14H9ClN2O. The molecule has 0 fully saturated rings. The van der Waals surface area contributed by atoms with Crippen LogP contribution in [-0.2, 0) is 0 Å². The van der Waals surface area contributed by atoms with Gasteiger partial charge in [-0.15, -0.1) is 0 Å². The second-order valence-electron chi connectivity index (χ2n) is 3.86. The smallest absolute Gasteiger partial charge is 0.185 e. The Morgan fingerprint density at radius 1 is 1.06 bits per heavy atom. The molecule has 0 saturated carbocycles. The first-order valence-electron chi connectivity index (χ1n) is 5.49. The van der Waals surface area contributed by atoms with Gasteiger partial charge in [-0.3, -0.25) is 9.36 Å². The first-order chi connectivity index (χ1) is 8.81. The van der Waals surface area contributed by atoms with Gasteiger partial charge in [0.25, 0.3) is 0 Å². The van der Waals surface area contributed by atoms with Crippen molar-refractivity contribution in [3.8, 4) is 5.69 Å². The number of fused-ring (bicyclic) bond motifs is 1. The second-order valence-corrected chi connectivity index (χ2v) is 4.27. The van der Waals surface area contributed by atoms with Gasteiger partial charge >= 0.3 is 0 Å². The number of carbonyl (C=O) groups excluding carboxylic acids is 1. The van der Waals surface area contributed by atoms with Gasteiger partial charge in [0.1, 0.15) is 0 Å². The van der Waals surface area contributed by atoms with E-state index in [-0.39, 0.29) is 0 Å². The Morgan fingerprint density at radius 2 is 1.78 bits per heavy atom. The highest BCUT2D eigenvalue weighted by Crippen LogP contribution is 2.25. The summed E-state index contributed by atoms with van der Waals surface area (Å²) in [6.07, 6.45) is 0.739. The molecule has 1 aromatic heterocycles. The molecule has 0 aliphatic rings. The molecule has 0 spiro atoms. The van der Waals surface area contributed by atoms with Gasteiger partial charge < -0.3 is 0 Å². The first-order valence-corrected chi connectivity index (χ1v) is 5.86. The van der Waals surface area contributed by atoms with Crippen molar-refractivity contribution in [3.63, 3.8) is 0 Å². The highest BCUT2D eigenvalue weighted by molar-refractivity contribution is 6.32. The van der Waals surface area contributed by atoms with Crippen LogP contribution in [0.3, 0.4) is 0 Å². The van der Waals surface area contributed by atoms with Crippen LogP contribution in [0.4, 0.5) is 0 Å².